The van der Waals surface area contributed by atoms with Gasteiger partial charge in [-0.15, -0.1) is 0 Å². The van der Waals surface area contributed by atoms with Crippen molar-refractivity contribution in [2.24, 2.45) is 5.92 Å². The number of benzene rings is 3. The topological polar surface area (TPSA) is 82.1 Å². The van der Waals surface area contributed by atoms with Gasteiger partial charge >= 0.3 is 0 Å². The van der Waals surface area contributed by atoms with Gasteiger partial charge in [0.1, 0.15) is 5.75 Å². The lowest BCUT2D eigenvalue weighted by molar-refractivity contribution is -0.119. The minimum atomic E-state index is -0.0898. The molecule has 2 aliphatic rings. The van der Waals surface area contributed by atoms with Gasteiger partial charge in [0, 0.05) is 57.6 Å². The van der Waals surface area contributed by atoms with E-state index in [9.17, 15) is 9.59 Å². The fraction of sp³-hybridized carbons (Fsp3) is 0.429. The number of carbonyl (C=O) groups excluding carboxylic acids is 2. The number of rotatable bonds is 8. The van der Waals surface area contributed by atoms with Gasteiger partial charge < -0.3 is 24.3 Å². The second-order valence-electron chi connectivity index (χ2n) is 14.3. The zero-order valence-corrected chi connectivity index (χ0v) is 30.7. The molecule has 0 saturated carbocycles. The first-order chi connectivity index (χ1) is 24.8. The average molecular weight is 689 g/mol. The Hall–Kier alpha value is -4.76. The van der Waals surface area contributed by atoms with Gasteiger partial charge in [0.2, 0.25) is 11.9 Å². The molecule has 0 atom stereocenters. The Morgan fingerprint density at radius 1 is 0.824 bits per heavy atom. The summed E-state index contributed by atoms with van der Waals surface area (Å²) in [4.78, 5) is 46.7. The number of likely N-dealkylation sites (N-methyl/N-ethyl adjacent to an activating group) is 1. The maximum atomic E-state index is 14.8. The summed E-state index contributed by atoms with van der Waals surface area (Å²) in [5.74, 6) is 1.77. The molecule has 2 amide bonds. The number of aryl methyl sites for hydroxylation is 2. The largest absolute Gasteiger partial charge is 0.497 e. The number of hydrogen-bond donors (Lipinski definition) is 0. The zero-order chi connectivity index (χ0) is 35.7. The van der Waals surface area contributed by atoms with Crippen LogP contribution in [-0.2, 0) is 37.0 Å². The standard InChI is InChI=1S/C42H52N6O3/c1-31(2)27-40(49)48-22-10-21-45(3)25-26-47(30-35-14-7-8-16-39(35)48)41(50)37-29-43-42(46-23-19-33-12-5-6-13-34(33)20-24-46)44-38(37)18-17-32-11-9-15-36(28-32)51-4/h5-9,11-16,28-29,31H,10,17-27,30H2,1-4H3. The van der Waals surface area contributed by atoms with Crippen molar-refractivity contribution in [2.45, 2.75) is 58.9 Å². The molecule has 0 unspecified atom stereocenters. The van der Waals surface area contributed by atoms with Gasteiger partial charge in [-0.25, -0.2) is 9.97 Å². The summed E-state index contributed by atoms with van der Waals surface area (Å²) in [6, 6.07) is 24.8. The normalized spacial score (nSPS) is 15.8. The van der Waals surface area contributed by atoms with Crippen molar-refractivity contribution in [2.75, 3.05) is 63.2 Å². The van der Waals surface area contributed by atoms with Gasteiger partial charge in [0.25, 0.3) is 5.91 Å². The summed E-state index contributed by atoms with van der Waals surface area (Å²) in [6.07, 6.45) is 6.23. The third-order valence-corrected chi connectivity index (χ3v) is 10.1. The monoisotopic (exact) mass is 688 g/mol. The quantitative estimate of drug-likeness (QED) is 0.217. The maximum Gasteiger partial charge on any atom is 0.257 e. The van der Waals surface area contributed by atoms with Crippen molar-refractivity contribution >= 4 is 23.5 Å². The molecule has 0 saturated heterocycles. The van der Waals surface area contributed by atoms with Crippen molar-refractivity contribution in [1.29, 1.82) is 0 Å². The van der Waals surface area contributed by atoms with Gasteiger partial charge in [-0.1, -0.05) is 68.4 Å². The van der Waals surface area contributed by atoms with Crippen LogP contribution in [0.5, 0.6) is 5.75 Å². The summed E-state index contributed by atoms with van der Waals surface area (Å²) in [5.41, 5.74) is 7.00. The number of fused-ring (bicyclic) bond motifs is 2. The molecular formula is C42H52N6O3. The fourth-order valence-corrected chi connectivity index (χ4v) is 7.16. The van der Waals surface area contributed by atoms with Crippen LogP contribution in [0.25, 0.3) is 0 Å². The summed E-state index contributed by atoms with van der Waals surface area (Å²) >= 11 is 0. The lowest BCUT2D eigenvalue weighted by Gasteiger charge is -2.29. The number of methoxy groups -OCH3 is 1. The van der Waals surface area contributed by atoms with Crippen LogP contribution in [-0.4, -0.2) is 85.0 Å². The Labute approximate surface area is 303 Å². The second kappa shape index (κ2) is 17.0. The minimum Gasteiger partial charge on any atom is -0.497 e. The lowest BCUT2D eigenvalue weighted by atomic mass is 10.0. The van der Waals surface area contributed by atoms with Crippen LogP contribution in [0.3, 0.4) is 0 Å². The Kier molecular flexibility index (Phi) is 12.0. The van der Waals surface area contributed by atoms with Crippen LogP contribution >= 0.6 is 0 Å². The van der Waals surface area contributed by atoms with Gasteiger partial charge in [0.05, 0.1) is 18.4 Å². The highest BCUT2D eigenvalue weighted by molar-refractivity contribution is 5.96. The first-order valence-electron chi connectivity index (χ1n) is 18.5. The molecule has 6 rings (SSSR count). The Balaban J connectivity index is 1.33. The molecule has 9 nitrogen and oxygen atoms in total. The summed E-state index contributed by atoms with van der Waals surface area (Å²) in [6.45, 7) is 8.93. The zero-order valence-electron chi connectivity index (χ0n) is 30.7. The highest BCUT2D eigenvalue weighted by atomic mass is 16.5. The van der Waals surface area contributed by atoms with Crippen molar-refractivity contribution in [3.63, 3.8) is 0 Å². The van der Waals surface area contributed by atoms with Crippen LogP contribution in [0.15, 0.2) is 79.0 Å². The summed E-state index contributed by atoms with van der Waals surface area (Å²) < 4.78 is 5.49. The lowest BCUT2D eigenvalue weighted by Crippen LogP contribution is -2.38. The highest BCUT2D eigenvalue weighted by Gasteiger charge is 2.27. The number of hydrogen-bond acceptors (Lipinski definition) is 7. The fourth-order valence-electron chi connectivity index (χ4n) is 7.16. The van der Waals surface area contributed by atoms with Gasteiger partial charge in [-0.3, -0.25) is 9.59 Å². The molecule has 51 heavy (non-hydrogen) atoms. The molecule has 268 valence electrons. The number of aromatic nitrogens is 2. The van der Waals surface area contributed by atoms with E-state index in [-0.39, 0.29) is 17.7 Å². The molecule has 0 fully saturated rings. The SMILES string of the molecule is COc1cccc(CCc2nc(N3CCc4ccccc4CC3)ncc2C(=O)N2CCN(C)CCCN(C(=O)CC(C)C)c3ccccc3C2)c1. The molecule has 0 spiro atoms. The van der Waals surface area contributed by atoms with Crippen LogP contribution in [0, 0.1) is 5.92 Å². The van der Waals surface area contributed by atoms with Gasteiger partial charge in [0.15, 0.2) is 0 Å². The molecule has 4 aromatic rings. The molecule has 0 radical (unpaired) electrons. The number of nitrogens with zero attached hydrogens (tertiary/aromatic N) is 6. The van der Waals surface area contributed by atoms with E-state index in [0.29, 0.717) is 50.4 Å². The van der Waals surface area contributed by atoms with E-state index < -0.39 is 0 Å². The smallest absolute Gasteiger partial charge is 0.257 e. The molecule has 9 heteroatoms. The first-order valence-corrected chi connectivity index (χ1v) is 18.5. The molecule has 0 aliphatic carbocycles. The average Bonchev–Trinajstić information content (AvgIpc) is 3.38. The van der Waals surface area contributed by atoms with E-state index >= 15 is 0 Å². The number of ether oxygens (including phenoxy) is 1. The van der Waals surface area contributed by atoms with Crippen LogP contribution in [0.2, 0.25) is 0 Å². The first kappa shape index (κ1) is 36.0. The summed E-state index contributed by atoms with van der Waals surface area (Å²) in [7, 11) is 3.77. The van der Waals surface area contributed by atoms with E-state index in [0.717, 1.165) is 73.7 Å². The van der Waals surface area contributed by atoms with E-state index in [1.165, 1.54) is 11.1 Å². The Bertz CT molecular complexity index is 1780. The third-order valence-electron chi connectivity index (χ3n) is 10.1. The number of carbonyl (C=O) groups is 2. The highest BCUT2D eigenvalue weighted by Crippen LogP contribution is 2.27. The molecule has 2 aliphatic heterocycles. The number of anilines is 2. The molecule has 3 heterocycles. The van der Waals surface area contributed by atoms with Gasteiger partial charge in [-0.2, -0.15) is 0 Å². The van der Waals surface area contributed by atoms with Crippen LogP contribution < -0.4 is 14.5 Å². The van der Waals surface area contributed by atoms with E-state index in [4.69, 9.17) is 14.7 Å². The van der Waals surface area contributed by atoms with Gasteiger partial charge in [-0.05, 0) is 92.1 Å². The second-order valence-corrected chi connectivity index (χ2v) is 14.3. The minimum absolute atomic E-state index is 0.0898. The molecular weight excluding hydrogens is 637 g/mol. The molecule has 0 bridgehead atoms. The predicted octanol–water partition coefficient (Wildman–Crippen LogP) is 6.23. The third kappa shape index (κ3) is 9.13. The number of amides is 2. The van der Waals surface area contributed by atoms with E-state index in [2.05, 4.69) is 61.0 Å². The van der Waals surface area contributed by atoms with Crippen LogP contribution in [0.1, 0.15) is 65.0 Å². The van der Waals surface area contributed by atoms with Crippen molar-refractivity contribution in [3.8, 4) is 5.75 Å². The van der Waals surface area contributed by atoms with E-state index in [1.54, 1.807) is 13.3 Å². The van der Waals surface area contributed by atoms with Crippen LogP contribution in [0.4, 0.5) is 11.6 Å². The molecule has 1 aromatic heterocycles. The Morgan fingerprint density at radius 3 is 2.27 bits per heavy atom. The van der Waals surface area contributed by atoms with Crippen molar-refractivity contribution < 1.29 is 14.3 Å². The Morgan fingerprint density at radius 2 is 1.55 bits per heavy atom. The predicted molar refractivity (Wildman–Crippen MR) is 204 cm³/mol. The summed E-state index contributed by atoms with van der Waals surface area (Å²) in [5, 5.41) is 0. The van der Waals surface area contributed by atoms with E-state index in [1.807, 2.05) is 52.3 Å². The maximum absolute atomic E-state index is 14.8. The van der Waals surface area contributed by atoms with Crippen molar-refractivity contribution in [3.05, 3.63) is 113 Å². The molecule has 3 aromatic carbocycles. The van der Waals surface area contributed by atoms with Crippen molar-refractivity contribution in [1.82, 2.24) is 19.8 Å². The molecule has 0 N–H and O–H groups in total. The number of para-hydroxylation sites is 1.